The van der Waals surface area contributed by atoms with Crippen LogP contribution in [0.1, 0.15) is 41.0 Å². The summed E-state index contributed by atoms with van der Waals surface area (Å²) in [7, 11) is 5.07. The molecule has 4 aliphatic rings. The van der Waals surface area contributed by atoms with Crippen LogP contribution in [-0.2, 0) is 34.5 Å². The summed E-state index contributed by atoms with van der Waals surface area (Å²) in [5.74, 6) is 1.43. The number of aliphatic imine (C=N–C) groups is 1. The number of aryl methyl sites for hydroxylation is 1. The number of imide groups is 1. The smallest absolute Gasteiger partial charge is 0.256 e. The average Bonchev–Trinajstić information content (AvgIpc) is 3.60. The number of aromatic nitrogens is 1. The highest BCUT2D eigenvalue weighted by Crippen LogP contribution is 2.38. The first-order valence-electron chi connectivity index (χ1n) is 17.1. The highest BCUT2D eigenvalue weighted by atomic mass is 16.5. The predicted molar refractivity (Wildman–Crippen MR) is 189 cm³/mol. The van der Waals surface area contributed by atoms with E-state index in [2.05, 4.69) is 37.6 Å². The molecule has 1 aromatic heterocycles. The van der Waals surface area contributed by atoms with Gasteiger partial charge in [-0.25, -0.2) is 0 Å². The molecule has 0 bridgehead atoms. The average molecular weight is 682 g/mol. The zero-order chi connectivity index (χ0) is 34.9. The van der Waals surface area contributed by atoms with Crippen molar-refractivity contribution in [1.29, 1.82) is 0 Å². The number of nitrogens with one attached hydrogen (secondary N) is 2. The van der Waals surface area contributed by atoms with E-state index >= 15 is 0 Å². The second-order valence-corrected chi connectivity index (χ2v) is 13.5. The van der Waals surface area contributed by atoms with E-state index in [1.807, 2.05) is 35.4 Å². The Morgan fingerprint density at radius 2 is 1.68 bits per heavy atom. The van der Waals surface area contributed by atoms with E-state index in [1.165, 1.54) is 5.56 Å². The van der Waals surface area contributed by atoms with Gasteiger partial charge in [0.1, 0.15) is 17.5 Å². The molecule has 1 atom stereocenters. The van der Waals surface area contributed by atoms with Crippen molar-refractivity contribution in [3.8, 4) is 22.6 Å². The second kappa shape index (κ2) is 14.1. The maximum atomic E-state index is 13.2. The van der Waals surface area contributed by atoms with Gasteiger partial charge in [-0.15, -0.1) is 0 Å². The van der Waals surface area contributed by atoms with Gasteiger partial charge >= 0.3 is 0 Å². The number of nitrogens with zero attached hydrogens (tertiary/aromatic N) is 5. The molecule has 13 heteroatoms. The van der Waals surface area contributed by atoms with Gasteiger partial charge in [0.05, 0.1) is 32.9 Å². The minimum atomic E-state index is -0.404. The van der Waals surface area contributed by atoms with Crippen molar-refractivity contribution in [2.75, 3.05) is 65.3 Å². The van der Waals surface area contributed by atoms with Crippen LogP contribution in [0, 0.1) is 0 Å². The number of hydrogen-bond donors (Lipinski definition) is 2. The zero-order valence-corrected chi connectivity index (χ0v) is 28.7. The Hall–Kier alpha value is -5.01. The third-order valence-electron chi connectivity index (χ3n) is 10.3. The number of amides is 3. The number of anilines is 1. The standard InChI is InChI=1S/C37H43N7O6/c1-41-20-29(27-16-38-17-28(27)37(41)48)24-14-32(49-2)30(33(15-24)50-3)21-42-10-12-44(13-11-42)35(46)22-43-18-25(19-43)23-4-6-26(7-5-23)39-31-8-9-34(45)40-36(31)47/h4-7,14-16,20,25,31,39H,8-13,17-19,21-22H2,1-3H3,(H,40,45,47). The number of methoxy groups -OCH3 is 2. The molecule has 3 amide bonds. The molecule has 3 saturated heterocycles. The fourth-order valence-electron chi connectivity index (χ4n) is 7.33. The van der Waals surface area contributed by atoms with Crippen LogP contribution in [0.4, 0.5) is 5.69 Å². The number of pyridine rings is 1. The van der Waals surface area contributed by atoms with Crippen LogP contribution in [-0.4, -0.2) is 109 Å². The van der Waals surface area contributed by atoms with E-state index in [1.54, 1.807) is 32.0 Å². The Morgan fingerprint density at radius 1 is 0.980 bits per heavy atom. The van der Waals surface area contributed by atoms with E-state index in [0.717, 1.165) is 54.1 Å². The summed E-state index contributed by atoms with van der Waals surface area (Å²) in [6.07, 6.45) is 4.44. The van der Waals surface area contributed by atoms with Crippen molar-refractivity contribution < 1.29 is 23.9 Å². The van der Waals surface area contributed by atoms with Crippen LogP contribution in [0.3, 0.4) is 0 Å². The van der Waals surface area contributed by atoms with Crippen LogP contribution in [0.15, 0.2) is 52.4 Å². The van der Waals surface area contributed by atoms with E-state index in [9.17, 15) is 19.2 Å². The van der Waals surface area contributed by atoms with Gasteiger partial charge in [0.2, 0.25) is 17.7 Å². The SMILES string of the molecule is COc1cc(-c2cn(C)c(=O)c3c2C=NC3)cc(OC)c1CN1CCN(C(=O)CN2CC(c3ccc(NC4CCC(=O)NC4=O)cc3)C2)CC1. The molecule has 0 radical (unpaired) electrons. The Labute approximate surface area is 290 Å². The third kappa shape index (κ3) is 6.75. The number of rotatable bonds is 10. The van der Waals surface area contributed by atoms with Crippen LogP contribution in [0.25, 0.3) is 11.1 Å². The van der Waals surface area contributed by atoms with E-state index in [4.69, 9.17) is 9.47 Å². The minimum absolute atomic E-state index is 0.0336. The van der Waals surface area contributed by atoms with Gasteiger partial charge in [0.15, 0.2) is 0 Å². The molecule has 2 N–H and O–H groups in total. The molecule has 262 valence electrons. The maximum absolute atomic E-state index is 13.2. The number of fused-ring (bicyclic) bond motifs is 1. The molecule has 2 aromatic carbocycles. The van der Waals surface area contributed by atoms with E-state index < -0.39 is 6.04 Å². The van der Waals surface area contributed by atoms with Gasteiger partial charge in [0.25, 0.3) is 5.56 Å². The van der Waals surface area contributed by atoms with Crippen molar-refractivity contribution in [3.05, 3.63) is 75.2 Å². The number of carbonyl (C=O) groups is 3. The fourth-order valence-corrected chi connectivity index (χ4v) is 7.33. The first kappa shape index (κ1) is 33.5. The van der Waals surface area contributed by atoms with Crippen molar-refractivity contribution in [1.82, 2.24) is 24.6 Å². The van der Waals surface area contributed by atoms with Gasteiger partial charge in [-0.3, -0.25) is 39.3 Å². The molecule has 5 heterocycles. The van der Waals surface area contributed by atoms with Gasteiger partial charge in [-0.2, -0.15) is 0 Å². The largest absolute Gasteiger partial charge is 0.496 e. The summed E-state index contributed by atoms with van der Waals surface area (Å²) in [4.78, 5) is 60.1. The highest BCUT2D eigenvalue weighted by Gasteiger charge is 2.32. The van der Waals surface area contributed by atoms with Crippen molar-refractivity contribution in [2.24, 2.45) is 12.0 Å². The van der Waals surface area contributed by atoms with Crippen LogP contribution >= 0.6 is 0 Å². The summed E-state index contributed by atoms with van der Waals surface area (Å²) in [5, 5.41) is 5.59. The van der Waals surface area contributed by atoms with Crippen molar-refractivity contribution >= 4 is 29.6 Å². The second-order valence-electron chi connectivity index (χ2n) is 13.5. The summed E-state index contributed by atoms with van der Waals surface area (Å²) in [6, 6.07) is 11.7. The quantitative estimate of drug-likeness (QED) is 0.308. The number of piperidine rings is 1. The Morgan fingerprint density at radius 3 is 2.34 bits per heavy atom. The lowest BCUT2D eigenvalue weighted by Crippen LogP contribution is -2.54. The molecule has 0 saturated carbocycles. The first-order valence-corrected chi connectivity index (χ1v) is 17.1. The normalized spacial score (nSPS) is 19.6. The molecule has 50 heavy (non-hydrogen) atoms. The number of benzene rings is 2. The molecular weight excluding hydrogens is 638 g/mol. The molecule has 3 fully saturated rings. The van der Waals surface area contributed by atoms with Crippen LogP contribution in [0.5, 0.6) is 11.5 Å². The first-order chi connectivity index (χ1) is 24.2. The number of ether oxygens (including phenoxy) is 2. The topological polar surface area (TPSA) is 138 Å². The maximum Gasteiger partial charge on any atom is 0.256 e. The fraction of sp³-hybridized carbons (Fsp3) is 0.432. The van der Waals surface area contributed by atoms with Crippen molar-refractivity contribution in [2.45, 2.75) is 37.9 Å². The van der Waals surface area contributed by atoms with Crippen molar-refractivity contribution in [3.63, 3.8) is 0 Å². The van der Waals surface area contributed by atoms with E-state index in [0.29, 0.717) is 68.5 Å². The molecule has 13 nitrogen and oxygen atoms in total. The number of carbonyl (C=O) groups excluding carboxylic acids is 3. The highest BCUT2D eigenvalue weighted by molar-refractivity contribution is 6.01. The number of piperazine rings is 1. The number of hydrogen-bond acceptors (Lipinski definition) is 10. The lowest BCUT2D eigenvalue weighted by molar-refractivity contribution is -0.136. The van der Waals surface area contributed by atoms with E-state index in [-0.39, 0.29) is 23.3 Å². The van der Waals surface area contributed by atoms with Gasteiger partial charge in [-0.05, 0) is 41.8 Å². The van der Waals surface area contributed by atoms with Crippen LogP contribution < -0.4 is 25.7 Å². The molecule has 0 spiro atoms. The lowest BCUT2D eigenvalue weighted by Gasteiger charge is -2.41. The Kier molecular flexibility index (Phi) is 9.43. The summed E-state index contributed by atoms with van der Waals surface area (Å²) in [6.45, 7) is 5.88. The Bertz CT molecular complexity index is 1870. The minimum Gasteiger partial charge on any atom is -0.496 e. The number of likely N-dealkylation sites (tertiary alicyclic amines) is 1. The van der Waals surface area contributed by atoms with Crippen LogP contribution in [0.2, 0.25) is 0 Å². The monoisotopic (exact) mass is 681 g/mol. The molecular formula is C37H43N7O6. The molecule has 7 rings (SSSR count). The molecule has 1 unspecified atom stereocenters. The lowest BCUT2D eigenvalue weighted by atomic mass is 9.91. The summed E-state index contributed by atoms with van der Waals surface area (Å²) < 4.78 is 13.3. The summed E-state index contributed by atoms with van der Waals surface area (Å²) >= 11 is 0. The molecule has 3 aromatic rings. The third-order valence-corrected chi connectivity index (χ3v) is 10.3. The Balaban J connectivity index is 0.905. The zero-order valence-electron chi connectivity index (χ0n) is 28.7. The van der Waals surface area contributed by atoms with Gasteiger partial charge < -0.3 is 24.3 Å². The predicted octanol–water partition coefficient (Wildman–Crippen LogP) is 1.96. The molecule has 0 aliphatic carbocycles. The van der Waals surface area contributed by atoms with Gasteiger partial charge in [-0.1, -0.05) is 12.1 Å². The van der Waals surface area contributed by atoms with Gasteiger partial charge in [0, 0.05) is 100.0 Å². The summed E-state index contributed by atoms with van der Waals surface area (Å²) in [5.41, 5.74) is 6.31. The molecule has 4 aliphatic heterocycles.